The zero-order chi connectivity index (χ0) is 50.6. The zero-order valence-corrected chi connectivity index (χ0v) is 42.5. The minimum absolute atomic E-state index is 0.0597. The Bertz CT molecular complexity index is 2140. The molecule has 3 aliphatic rings. The number of rotatable bonds is 10. The Morgan fingerprint density at radius 1 is 0.853 bits per heavy atom. The summed E-state index contributed by atoms with van der Waals surface area (Å²) in [7, 11) is 4.86. The highest BCUT2D eigenvalue weighted by molar-refractivity contribution is 5.83. The van der Waals surface area contributed by atoms with Crippen LogP contribution >= 0.6 is 0 Å². The standard InChI is InChI=1S/C52H78N2O14/c1-15-39-52(11,61)45(58)32(5)42(56)30(3)26-51(10,63-14)47(33(6)44(34(7)48(60)66-39)67-41-27-50(9,62-13)46(59)35(8)65-41)68-49-43(57)38(25-31(4)64-49)53(12)24-16-17-36-19-21-37(22-20-36)54-28-29(2)18-23-40(54)55/h18-23,28,30-35,38-39,41,43-47,49,57-59,61H,15,24-27H2,1-14H3/t30-,31-,32?,33+,34-,35+,38+,39?,41?,43-,44-,45-,46+,47-,49?,50-,51+,52-/m1/s1. The van der Waals surface area contributed by atoms with Gasteiger partial charge in [-0.2, -0.15) is 0 Å². The molecule has 3 aliphatic heterocycles. The van der Waals surface area contributed by atoms with Crippen LogP contribution in [0.4, 0.5) is 0 Å². The van der Waals surface area contributed by atoms with E-state index in [1.54, 1.807) is 65.3 Å². The van der Waals surface area contributed by atoms with Gasteiger partial charge in [0.2, 0.25) is 0 Å². The fourth-order valence-electron chi connectivity index (χ4n) is 10.4. The normalized spacial score (nSPS) is 40.0. The number of ketones is 1. The summed E-state index contributed by atoms with van der Waals surface area (Å²) >= 11 is 0. The number of methoxy groups -OCH3 is 2. The van der Waals surface area contributed by atoms with E-state index in [1.807, 2.05) is 57.0 Å². The van der Waals surface area contributed by atoms with Crippen LogP contribution in [0.2, 0.25) is 0 Å². The second-order valence-electron chi connectivity index (χ2n) is 20.3. The number of aryl methyl sites for hydroxylation is 1. The van der Waals surface area contributed by atoms with Crippen molar-refractivity contribution in [3.8, 4) is 17.5 Å². The van der Waals surface area contributed by atoms with Crippen LogP contribution in [0.5, 0.6) is 0 Å². The Morgan fingerprint density at radius 3 is 2.12 bits per heavy atom. The minimum atomic E-state index is -2.00. The van der Waals surface area contributed by atoms with Crippen LogP contribution in [0.3, 0.4) is 0 Å². The summed E-state index contributed by atoms with van der Waals surface area (Å²) in [5, 5.41) is 46.6. The van der Waals surface area contributed by atoms with Crippen LogP contribution < -0.4 is 5.56 Å². The Morgan fingerprint density at radius 2 is 1.50 bits per heavy atom. The van der Waals surface area contributed by atoms with Gasteiger partial charge in [-0.15, -0.1) is 0 Å². The molecule has 5 rings (SSSR count). The number of nitrogens with zero attached hydrogens (tertiary/aromatic N) is 2. The van der Waals surface area contributed by atoms with Crippen molar-refractivity contribution in [2.75, 3.05) is 27.8 Å². The lowest BCUT2D eigenvalue weighted by Gasteiger charge is -2.50. The number of likely N-dealkylation sites (N-methyl/N-ethyl adjacent to an activating group) is 1. The van der Waals surface area contributed by atoms with Crippen molar-refractivity contribution >= 4 is 11.8 Å². The third-order valence-corrected chi connectivity index (χ3v) is 14.9. The molecule has 16 nitrogen and oxygen atoms in total. The molecule has 4 unspecified atom stereocenters. The van der Waals surface area contributed by atoms with Gasteiger partial charge in [-0.3, -0.25) is 23.9 Å². The number of carbonyl (C=O) groups is 2. The van der Waals surface area contributed by atoms with E-state index in [4.69, 9.17) is 33.2 Å². The van der Waals surface area contributed by atoms with E-state index < -0.39 is 108 Å². The average molecular weight is 955 g/mol. The number of hydrogen-bond acceptors (Lipinski definition) is 15. The maximum atomic E-state index is 14.4. The van der Waals surface area contributed by atoms with Gasteiger partial charge in [-0.25, -0.2) is 0 Å². The van der Waals surface area contributed by atoms with Crippen LogP contribution in [0.1, 0.15) is 106 Å². The van der Waals surface area contributed by atoms with Crippen molar-refractivity contribution < 1.29 is 63.2 Å². The average Bonchev–Trinajstić information content (AvgIpc) is 3.30. The van der Waals surface area contributed by atoms with Gasteiger partial charge in [0.05, 0.1) is 54.2 Å². The molecule has 0 amide bonds. The number of Topliss-reactive ketones (excluding diaryl/α,β-unsaturated/α-hetero) is 1. The van der Waals surface area contributed by atoms with Gasteiger partial charge in [0, 0.05) is 68.0 Å². The number of cyclic esters (lactones) is 1. The summed E-state index contributed by atoms with van der Waals surface area (Å²) in [6, 6.07) is 10.2. The third kappa shape index (κ3) is 12.1. The highest BCUT2D eigenvalue weighted by Gasteiger charge is 2.54. The number of ether oxygens (including phenoxy) is 7. The second-order valence-corrected chi connectivity index (χ2v) is 20.3. The van der Waals surface area contributed by atoms with Crippen molar-refractivity contribution in [1.82, 2.24) is 9.47 Å². The molecule has 0 spiro atoms. The summed E-state index contributed by atoms with van der Waals surface area (Å²) in [6.45, 7) is 19.2. The van der Waals surface area contributed by atoms with Gasteiger partial charge in [0.25, 0.3) is 5.56 Å². The molecule has 16 heteroatoms. The van der Waals surface area contributed by atoms with E-state index >= 15 is 0 Å². The van der Waals surface area contributed by atoms with E-state index in [1.165, 1.54) is 27.2 Å². The highest BCUT2D eigenvalue weighted by atomic mass is 16.7. The molecule has 380 valence electrons. The Labute approximate surface area is 402 Å². The number of hydrogen-bond donors (Lipinski definition) is 4. The lowest BCUT2D eigenvalue weighted by atomic mass is 9.74. The maximum absolute atomic E-state index is 14.4. The largest absolute Gasteiger partial charge is 0.459 e. The number of pyridine rings is 1. The highest BCUT2D eigenvalue weighted by Crippen LogP contribution is 2.42. The monoisotopic (exact) mass is 955 g/mol. The first-order chi connectivity index (χ1) is 31.8. The molecule has 1 aromatic carbocycles. The van der Waals surface area contributed by atoms with E-state index in [-0.39, 0.29) is 43.3 Å². The Kier molecular flexibility index (Phi) is 18.5. The topological polar surface area (TPSA) is 205 Å². The van der Waals surface area contributed by atoms with Gasteiger partial charge in [-0.05, 0) is 105 Å². The van der Waals surface area contributed by atoms with E-state index in [0.717, 1.165) is 16.8 Å². The molecule has 0 aliphatic carbocycles. The smallest absolute Gasteiger partial charge is 0.311 e. The number of esters is 1. The number of carbonyl (C=O) groups excluding carboxylic acids is 2. The molecular weight excluding hydrogens is 877 g/mol. The second kappa shape index (κ2) is 22.7. The Balaban J connectivity index is 1.50. The lowest BCUT2D eigenvalue weighted by Crippen LogP contribution is -2.61. The van der Waals surface area contributed by atoms with Crippen LogP contribution in [0.25, 0.3) is 5.69 Å². The van der Waals surface area contributed by atoms with Crippen molar-refractivity contribution in [1.29, 1.82) is 0 Å². The molecule has 18 atom stereocenters. The van der Waals surface area contributed by atoms with E-state index in [0.29, 0.717) is 6.42 Å². The van der Waals surface area contributed by atoms with Gasteiger partial charge in [0.15, 0.2) is 12.6 Å². The molecule has 4 N–H and O–H groups in total. The summed E-state index contributed by atoms with van der Waals surface area (Å²) in [4.78, 5) is 43.1. The van der Waals surface area contributed by atoms with Gasteiger partial charge < -0.3 is 53.6 Å². The summed E-state index contributed by atoms with van der Waals surface area (Å²) < 4.78 is 46.2. The summed E-state index contributed by atoms with van der Waals surface area (Å²) in [5.74, 6) is 1.65. The molecule has 0 bridgehead atoms. The van der Waals surface area contributed by atoms with Gasteiger partial charge in [0.1, 0.15) is 29.7 Å². The Hall–Kier alpha value is -3.57. The summed E-state index contributed by atoms with van der Waals surface area (Å²) in [6.07, 6.45) is -7.93. The first-order valence-corrected chi connectivity index (χ1v) is 24.0. The molecule has 3 saturated heterocycles. The van der Waals surface area contributed by atoms with Crippen molar-refractivity contribution in [3.63, 3.8) is 0 Å². The summed E-state index contributed by atoms with van der Waals surface area (Å²) in [5.41, 5.74) is -2.09. The number of aliphatic hydroxyl groups is 4. The van der Waals surface area contributed by atoms with Crippen molar-refractivity contribution in [2.45, 2.75) is 186 Å². The fourth-order valence-corrected chi connectivity index (χ4v) is 10.4. The molecule has 3 fully saturated rings. The zero-order valence-electron chi connectivity index (χ0n) is 42.5. The van der Waals surface area contributed by atoms with Crippen LogP contribution in [-0.2, 0) is 42.7 Å². The van der Waals surface area contributed by atoms with Crippen LogP contribution in [0, 0.1) is 42.4 Å². The lowest BCUT2D eigenvalue weighted by molar-refractivity contribution is -0.319. The number of aromatic nitrogens is 1. The molecular formula is C52H78N2O14. The van der Waals surface area contributed by atoms with Gasteiger partial charge >= 0.3 is 5.97 Å². The molecule has 2 aromatic rings. The van der Waals surface area contributed by atoms with Crippen LogP contribution in [0.15, 0.2) is 47.4 Å². The van der Waals surface area contributed by atoms with Gasteiger partial charge in [-0.1, -0.05) is 45.6 Å². The number of benzene rings is 1. The molecule has 1 aromatic heterocycles. The number of aliphatic hydroxyl groups excluding tert-OH is 3. The quantitative estimate of drug-likeness (QED) is 0.194. The van der Waals surface area contributed by atoms with Crippen LogP contribution in [-0.4, -0.2) is 154 Å². The predicted octanol–water partition coefficient (Wildman–Crippen LogP) is 4.32. The SMILES string of the molecule is CCC1OC(=O)[C@H](C)[C@H](OC2C[C@@](C)(OC)[C@@H](O)[C@H](C)O2)[C@H](C)[C@@H](OC2O[C@H](C)C[C@H](N(C)CC#Cc3ccc(-n4cc(C)ccc4=O)cc3)[C@H]2O)[C@@](C)(OC)C[C@@H](C)C(=O)C(C)[C@@H](O)[C@]1(C)O. The van der Waals surface area contributed by atoms with E-state index in [2.05, 4.69) is 11.8 Å². The fraction of sp³-hybridized carbons (Fsp3) is 0.712. The molecule has 4 heterocycles. The maximum Gasteiger partial charge on any atom is 0.311 e. The minimum Gasteiger partial charge on any atom is -0.459 e. The third-order valence-electron chi connectivity index (χ3n) is 14.9. The first kappa shape index (κ1) is 55.4. The first-order valence-electron chi connectivity index (χ1n) is 24.0. The van der Waals surface area contributed by atoms with Crippen molar-refractivity contribution in [2.24, 2.45) is 23.7 Å². The molecule has 68 heavy (non-hydrogen) atoms. The molecule has 0 radical (unpaired) electrons. The van der Waals surface area contributed by atoms with E-state index in [9.17, 15) is 34.8 Å². The predicted molar refractivity (Wildman–Crippen MR) is 254 cm³/mol. The van der Waals surface area contributed by atoms with Crippen molar-refractivity contribution in [3.05, 3.63) is 64.1 Å². The molecule has 0 saturated carbocycles.